The zero-order valence-corrected chi connectivity index (χ0v) is 13.5. The molecule has 1 saturated heterocycles. The summed E-state index contributed by atoms with van der Waals surface area (Å²) in [5, 5.41) is 0. The lowest BCUT2D eigenvalue weighted by Crippen LogP contribution is -2.16. The fraction of sp³-hybridized carbons (Fsp3) is 0.333. The minimum atomic E-state index is -0.264. The molecule has 1 fully saturated rings. The molecule has 1 heterocycles. The number of benzene rings is 2. The fourth-order valence-corrected chi connectivity index (χ4v) is 5.60. The third-order valence-electron chi connectivity index (χ3n) is 3.90. The molecule has 2 nitrogen and oxygen atoms in total. The lowest BCUT2D eigenvalue weighted by atomic mass is 10.3. The normalized spacial score (nSPS) is 15.7. The van der Waals surface area contributed by atoms with Gasteiger partial charge in [-0.05, 0) is 30.7 Å². The molecule has 3 rings (SSSR count). The predicted octanol–water partition coefficient (Wildman–Crippen LogP) is 5.13. The van der Waals surface area contributed by atoms with E-state index in [2.05, 4.69) is 76.9 Å². The third kappa shape index (κ3) is 3.22. The van der Waals surface area contributed by atoms with Gasteiger partial charge in [0, 0.05) is 30.6 Å². The lowest BCUT2D eigenvalue weighted by molar-refractivity contribution is 0.888. The molecule has 0 amide bonds. The molecule has 0 unspecified atom stereocenters. The van der Waals surface area contributed by atoms with Crippen LogP contribution in [0, 0.1) is 0 Å². The van der Waals surface area contributed by atoms with Crippen LogP contribution in [0.5, 0.6) is 0 Å². The van der Waals surface area contributed by atoms with Crippen LogP contribution in [0.25, 0.3) is 0 Å². The summed E-state index contributed by atoms with van der Waals surface area (Å²) in [5.41, 5.74) is 2.75. The van der Waals surface area contributed by atoms with Crippen LogP contribution in [0.1, 0.15) is 19.8 Å². The molecule has 1 aliphatic rings. The smallest absolute Gasteiger partial charge is 0.0952 e. The number of unbranched alkanes of at least 4 members (excludes halogenated alkanes) is 1. The second-order valence-electron chi connectivity index (χ2n) is 5.37. The molecule has 1 aliphatic heterocycles. The topological polar surface area (TPSA) is 6.48 Å². The van der Waals surface area contributed by atoms with E-state index in [0.717, 1.165) is 13.1 Å². The van der Waals surface area contributed by atoms with Crippen molar-refractivity contribution >= 4 is 19.6 Å². The zero-order valence-electron chi connectivity index (χ0n) is 12.7. The van der Waals surface area contributed by atoms with E-state index >= 15 is 0 Å². The summed E-state index contributed by atoms with van der Waals surface area (Å²) < 4.78 is 5.25. The SMILES string of the molecule is CCCCP1N(c2ccccc2)CCN1c1ccccc1. The maximum atomic E-state index is 2.62. The fourth-order valence-electron chi connectivity index (χ4n) is 2.82. The highest BCUT2D eigenvalue weighted by molar-refractivity contribution is 7.61. The summed E-state index contributed by atoms with van der Waals surface area (Å²) in [5.74, 6) is 0. The highest BCUT2D eigenvalue weighted by Crippen LogP contribution is 2.53. The highest BCUT2D eigenvalue weighted by atomic mass is 31.1. The minimum absolute atomic E-state index is 0.264. The van der Waals surface area contributed by atoms with Gasteiger partial charge in [-0.1, -0.05) is 49.7 Å². The molecule has 0 aromatic heterocycles. The van der Waals surface area contributed by atoms with Gasteiger partial charge in [0.1, 0.15) is 0 Å². The van der Waals surface area contributed by atoms with Crippen molar-refractivity contribution in [1.82, 2.24) is 0 Å². The Kier molecular flexibility index (Phi) is 4.77. The van der Waals surface area contributed by atoms with Gasteiger partial charge in [0.25, 0.3) is 0 Å². The molecule has 0 N–H and O–H groups in total. The molecule has 110 valence electrons. The molecular formula is C18H23N2P. The number of para-hydroxylation sites is 2. The van der Waals surface area contributed by atoms with E-state index in [1.807, 2.05) is 0 Å². The maximum absolute atomic E-state index is 2.62. The Labute approximate surface area is 129 Å². The minimum Gasteiger partial charge on any atom is -0.332 e. The van der Waals surface area contributed by atoms with Crippen LogP contribution in [0.4, 0.5) is 11.4 Å². The van der Waals surface area contributed by atoms with Crippen molar-refractivity contribution in [3.05, 3.63) is 60.7 Å². The van der Waals surface area contributed by atoms with Crippen molar-refractivity contribution in [3.63, 3.8) is 0 Å². The van der Waals surface area contributed by atoms with Crippen LogP contribution in [0.15, 0.2) is 60.7 Å². The van der Waals surface area contributed by atoms with Crippen molar-refractivity contribution in [2.24, 2.45) is 0 Å². The van der Waals surface area contributed by atoms with Gasteiger partial charge in [-0.25, -0.2) is 0 Å². The van der Waals surface area contributed by atoms with Gasteiger partial charge in [-0.2, -0.15) is 0 Å². The molecule has 21 heavy (non-hydrogen) atoms. The monoisotopic (exact) mass is 298 g/mol. The average Bonchev–Trinajstić information content (AvgIpc) is 2.98. The first-order chi connectivity index (χ1) is 10.4. The Morgan fingerprint density at radius 1 is 0.810 bits per heavy atom. The van der Waals surface area contributed by atoms with Crippen LogP contribution in [0.3, 0.4) is 0 Å². The first-order valence-corrected chi connectivity index (χ1v) is 9.26. The average molecular weight is 298 g/mol. The molecule has 0 spiro atoms. The number of anilines is 2. The molecule has 0 atom stereocenters. The highest BCUT2D eigenvalue weighted by Gasteiger charge is 2.32. The van der Waals surface area contributed by atoms with Crippen molar-refractivity contribution in [2.75, 3.05) is 28.6 Å². The maximum Gasteiger partial charge on any atom is 0.0952 e. The molecule has 3 heteroatoms. The standard InChI is InChI=1S/C18H23N2P/c1-2-3-16-21-19(17-10-6-4-7-11-17)14-15-20(21)18-12-8-5-9-13-18/h4-13H,2-3,14-16H2,1H3. The Morgan fingerprint density at radius 3 is 1.71 bits per heavy atom. The van der Waals surface area contributed by atoms with Gasteiger partial charge in [0.15, 0.2) is 0 Å². The largest absolute Gasteiger partial charge is 0.332 e. The van der Waals surface area contributed by atoms with E-state index in [0.29, 0.717) is 0 Å². The van der Waals surface area contributed by atoms with Crippen LogP contribution >= 0.6 is 8.22 Å². The zero-order chi connectivity index (χ0) is 14.5. The van der Waals surface area contributed by atoms with Crippen LogP contribution in [0.2, 0.25) is 0 Å². The number of hydrogen-bond donors (Lipinski definition) is 0. The van der Waals surface area contributed by atoms with E-state index in [1.54, 1.807) is 0 Å². The summed E-state index contributed by atoms with van der Waals surface area (Å²) in [7, 11) is -0.264. The molecule has 2 aromatic carbocycles. The number of rotatable bonds is 5. The predicted molar refractivity (Wildman–Crippen MR) is 94.3 cm³/mol. The second kappa shape index (κ2) is 6.95. The number of nitrogens with zero attached hydrogens (tertiary/aromatic N) is 2. The molecule has 0 saturated carbocycles. The molecule has 0 radical (unpaired) electrons. The molecule has 0 aliphatic carbocycles. The van der Waals surface area contributed by atoms with E-state index in [1.165, 1.54) is 30.4 Å². The van der Waals surface area contributed by atoms with Gasteiger partial charge in [-0.3, -0.25) is 0 Å². The van der Waals surface area contributed by atoms with Crippen molar-refractivity contribution in [1.29, 1.82) is 0 Å². The molecular weight excluding hydrogens is 275 g/mol. The summed E-state index contributed by atoms with van der Waals surface area (Å²) in [6.45, 7) is 4.55. The van der Waals surface area contributed by atoms with E-state index < -0.39 is 0 Å². The van der Waals surface area contributed by atoms with Crippen LogP contribution in [-0.2, 0) is 0 Å². The van der Waals surface area contributed by atoms with Gasteiger partial charge in [0.05, 0.1) is 8.22 Å². The van der Waals surface area contributed by atoms with Gasteiger partial charge in [0.2, 0.25) is 0 Å². The Bertz CT molecular complexity index is 496. The van der Waals surface area contributed by atoms with Gasteiger partial charge in [-0.15, -0.1) is 0 Å². The first-order valence-electron chi connectivity index (χ1n) is 7.82. The van der Waals surface area contributed by atoms with Crippen molar-refractivity contribution in [3.8, 4) is 0 Å². The summed E-state index contributed by atoms with van der Waals surface area (Å²) >= 11 is 0. The Balaban J connectivity index is 1.85. The quantitative estimate of drug-likeness (QED) is 0.706. The summed E-state index contributed by atoms with van der Waals surface area (Å²) in [6, 6.07) is 21.8. The molecule has 2 aromatic rings. The van der Waals surface area contributed by atoms with E-state index in [-0.39, 0.29) is 8.22 Å². The second-order valence-corrected chi connectivity index (χ2v) is 7.52. The third-order valence-corrected chi connectivity index (χ3v) is 6.59. The van der Waals surface area contributed by atoms with E-state index in [9.17, 15) is 0 Å². The Hall–Kier alpha value is -1.53. The van der Waals surface area contributed by atoms with Crippen molar-refractivity contribution < 1.29 is 0 Å². The molecule has 0 bridgehead atoms. The van der Waals surface area contributed by atoms with Crippen molar-refractivity contribution in [2.45, 2.75) is 19.8 Å². The van der Waals surface area contributed by atoms with Gasteiger partial charge >= 0.3 is 0 Å². The van der Waals surface area contributed by atoms with E-state index in [4.69, 9.17) is 0 Å². The van der Waals surface area contributed by atoms with Crippen LogP contribution in [-0.4, -0.2) is 19.3 Å². The number of hydrogen-bond acceptors (Lipinski definition) is 2. The summed E-state index contributed by atoms with van der Waals surface area (Å²) in [4.78, 5) is 0. The first kappa shape index (κ1) is 14.4. The van der Waals surface area contributed by atoms with Crippen LogP contribution < -0.4 is 9.34 Å². The lowest BCUT2D eigenvalue weighted by Gasteiger charge is -2.32. The Morgan fingerprint density at radius 2 is 1.29 bits per heavy atom. The van der Waals surface area contributed by atoms with Gasteiger partial charge < -0.3 is 9.34 Å². The summed E-state index contributed by atoms with van der Waals surface area (Å²) in [6.07, 6.45) is 3.86.